The van der Waals surface area contributed by atoms with Gasteiger partial charge in [0.2, 0.25) is 5.91 Å². The van der Waals surface area contributed by atoms with Crippen molar-refractivity contribution in [1.29, 1.82) is 0 Å². The number of hydrogen-bond donors (Lipinski definition) is 0. The molecule has 1 aliphatic heterocycles. The van der Waals surface area contributed by atoms with Crippen molar-refractivity contribution in [1.82, 2.24) is 5.01 Å². The highest BCUT2D eigenvalue weighted by atomic mass is 16.4. The van der Waals surface area contributed by atoms with Crippen LogP contribution in [0.4, 0.5) is 0 Å². The minimum atomic E-state index is -0.435. The summed E-state index contributed by atoms with van der Waals surface area (Å²) in [6.45, 7) is 1.48. The smallest absolute Gasteiger partial charge is 0.345 e. The third-order valence-corrected chi connectivity index (χ3v) is 4.37. The normalized spacial score (nSPS) is 16.9. The third-order valence-electron chi connectivity index (χ3n) is 4.37. The lowest BCUT2D eigenvalue weighted by Gasteiger charge is -2.20. The first-order valence-corrected chi connectivity index (χ1v) is 8.09. The number of fused-ring (bicyclic) bond motifs is 1. The minimum absolute atomic E-state index is 0.158. The Labute approximate surface area is 144 Å². The van der Waals surface area contributed by atoms with Crippen LogP contribution in [0.3, 0.4) is 0 Å². The maximum atomic E-state index is 12.4. The Bertz CT molecular complexity index is 1040. The molecule has 0 fully saturated rings. The molecule has 0 radical (unpaired) electrons. The van der Waals surface area contributed by atoms with Crippen molar-refractivity contribution in [2.45, 2.75) is 19.4 Å². The molecule has 25 heavy (non-hydrogen) atoms. The van der Waals surface area contributed by atoms with Gasteiger partial charge in [-0.05, 0) is 17.7 Å². The zero-order valence-electron chi connectivity index (χ0n) is 13.7. The van der Waals surface area contributed by atoms with E-state index < -0.39 is 5.63 Å². The van der Waals surface area contributed by atoms with Crippen LogP contribution in [0.2, 0.25) is 0 Å². The van der Waals surface area contributed by atoms with Gasteiger partial charge in [-0.2, -0.15) is 5.10 Å². The SMILES string of the molecule is CC(=O)N1N=C(c2cc3ccccc3oc2=O)C[C@H]1c1ccccc1. The number of carbonyl (C=O) groups is 1. The quantitative estimate of drug-likeness (QED) is 0.675. The second-order valence-corrected chi connectivity index (χ2v) is 6.03. The topological polar surface area (TPSA) is 62.9 Å². The van der Waals surface area contributed by atoms with Crippen molar-refractivity contribution in [2.75, 3.05) is 0 Å². The number of rotatable bonds is 2. The van der Waals surface area contributed by atoms with Gasteiger partial charge in [0.05, 0.1) is 17.3 Å². The molecule has 0 N–H and O–H groups in total. The van der Waals surface area contributed by atoms with Gasteiger partial charge in [0.25, 0.3) is 0 Å². The van der Waals surface area contributed by atoms with Gasteiger partial charge in [0, 0.05) is 18.7 Å². The van der Waals surface area contributed by atoms with E-state index in [-0.39, 0.29) is 11.9 Å². The lowest BCUT2D eigenvalue weighted by Crippen LogP contribution is -2.24. The van der Waals surface area contributed by atoms with Crippen molar-refractivity contribution < 1.29 is 9.21 Å². The first-order valence-electron chi connectivity index (χ1n) is 8.09. The van der Waals surface area contributed by atoms with Gasteiger partial charge >= 0.3 is 5.63 Å². The molecule has 0 unspecified atom stereocenters. The van der Waals surface area contributed by atoms with Crippen LogP contribution in [0.1, 0.15) is 30.5 Å². The van der Waals surface area contributed by atoms with Crippen LogP contribution in [-0.2, 0) is 4.79 Å². The highest BCUT2D eigenvalue weighted by Crippen LogP contribution is 2.32. The molecule has 5 nitrogen and oxygen atoms in total. The number of carbonyl (C=O) groups excluding carboxylic acids is 1. The van der Waals surface area contributed by atoms with Crippen molar-refractivity contribution in [3.63, 3.8) is 0 Å². The molecule has 0 saturated heterocycles. The molecular formula is C20H16N2O3. The largest absolute Gasteiger partial charge is 0.422 e. The number of hydrazone groups is 1. The third kappa shape index (κ3) is 2.74. The average molecular weight is 332 g/mol. The summed E-state index contributed by atoms with van der Waals surface area (Å²) in [5.74, 6) is -0.158. The molecule has 0 spiro atoms. The molecule has 3 aromatic rings. The van der Waals surface area contributed by atoms with Gasteiger partial charge < -0.3 is 4.42 Å². The summed E-state index contributed by atoms with van der Waals surface area (Å²) in [6.07, 6.45) is 0.479. The zero-order valence-corrected chi connectivity index (χ0v) is 13.7. The molecule has 4 rings (SSSR count). The standard InChI is InChI=1S/C20H16N2O3/c1-13(23)22-18(14-7-3-2-4-8-14)12-17(21-22)16-11-15-9-5-6-10-19(15)25-20(16)24/h2-11,18H,12H2,1H3/t18-/m0/s1. The molecule has 1 atom stereocenters. The lowest BCUT2D eigenvalue weighted by molar-refractivity contribution is -0.130. The Morgan fingerprint density at radius 1 is 1.12 bits per heavy atom. The molecule has 124 valence electrons. The van der Waals surface area contributed by atoms with Gasteiger partial charge in [-0.15, -0.1) is 0 Å². The molecule has 1 aromatic heterocycles. The predicted octanol–water partition coefficient (Wildman–Crippen LogP) is 3.49. The number of amides is 1. The summed E-state index contributed by atoms with van der Waals surface area (Å²) in [5, 5.41) is 6.70. The van der Waals surface area contributed by atoms with Crippen LogP contribution in [0.15, 0.2) is 75.0 Å². The fourth-order valence-corrected chi connectivity index (χ4v) is 3.16. The summed E-state index contributed by atoms with van der Waals surface area (Å²) in [5.41, 5.74) is 2.07. The number of hydrogen-bond acceptors (Lipinski definition) is 4. The zero-order chi connectivity index (χ0) is 17.4. The highest BCUT2D eigenvalue weighted by molar-refractivity contribution is 6.04. The van der Waals surface area contributed by atoms with Gasteiger partial charge in [0.15, 0.2) is 0 Å². The summed E-state index contributed by atoms with van der Waals surface area (Å²) in [6, 6.07) is 18.6. The molecule has 2 aromatic carbocycles. The van der Waals surface area contributed by atoms with E-state index in [0.717, 1.165) is 10.9 Å². The molecule has 0 saturated carbocycles. The number of para-hydroxylation sites is 1. The van der Waals surface area contributed by atoms with Gasteiger partial charge in [-0.25, -0.2) is 9.80 Å². The molecule has 2 heterocycles. The molecule has 0 aliphatic carbocycles. The van der Waals surface area contributed by atoms with E-state index in [1.54, 1.807) is 12.1 Å². The number of nitrogens with zero attached hydrogens (tertiary/aromatic N) is 2. The monoisotopic (exact) mass is 332 g/mol. The average Bonchev–Trinajstić information content (AvgIpc) is 3.07. The fourth-order valence-electron chi connectivity index (χ4n) is 3.16. The Kier molecular flexibility index (Phi) is 3.69. The Balaban J connectivity index is 1.78. The Hall–Kier alpha value is -3.21. The van der Waals surface area contributed by atoms with Crippen LogP contribution in [-0.4, -0.2) is 16.6 Å². The molecular weight excluding hydrogens is 316 g/mol. The van der Waals surface area contributed by atoms with E-state index in [9.17, 15) is 9.59 Å². The minimum Gasteiger partial charge on any atom is -0.422 e. The second kappa shape index (κ2) is 6.02. The van der Waals surface area contributed by atoms with Crippen LogP contribution in [0, 0.1) is 0 Å². The summed E-state index contributed by atoms with van der Waals surface area (Å²) in [7, 11) is 0. The molecule has 5 heteroatoms. The van der Waals surface area contributed by atoms with E-state index in [4.69, 9.17) is 4.42 Å². The van der Waals surface area contributed by atoms with Gasteiger partial charge in [-0.1, -0.05) is 48.5 Å². The Morgan fingerprint density at radius 3 is 2.60 bits per heavy atom. The van der Waals surface area contributed by atoms with E-state index in [1.807, 2.05) is 48.5 Å². The molecule has 0 bridgehead atoms. The first-order chi connectivity index (χ1) is 12.1. The summed E-state index contributed by atoms with van der Waals surface area (Å²) >= 11 is 0. The predicted molar refractivity (Wildman–Crippen MR) is 95.3 cm³/mol. The summed E-state index contributed by atoms with van der Waals surface area (Å²) < 4.78 is 5.40. The van der Waals surface area contributed by atoms with Crippen LogP contribution < -0.4 is 5.63 Å². The molecule has 1 amide bonds. The number of benzene rings is 2. The second-order valence-electron chi connectivity index (χ2n) is 6.03. The van der Waals surface area contributed by atoms with Crippen molar-refractivity contribution in [3.8, 4) is 0 Å². The maximum absolute atomic E-state index is 12.4. The van der Waals surface area contributed by atoms with Crippen molar-refractivity contribution in [3.05, 3.63) is 82.2 Å². The fraction of sp³-hybridized carbons (Fsp3) is 0.150. The van der Waals surface area contributed by atoms with E-state index in [2.05, 4.69) is 5.10 Å². The Morgan fingerprint density at radius 2 is 1.84 bits per heavy atom. The van der Waals surface area contributed by atoms with E-state index in [1.165, 1.54) is 11.9 Å². The maximum Gasteiger partial charge on any atom is 0.345 e. The van der Waals surface area contributed by atoms with Crippen molar-refractivity contribution >= 4 is 22.6 Å². The van der Waals surface area contributed by atoms with Crippen molar-refractivity contribution in [2.24, 2.45) is 5.10 Å². The van der Waals surface area contributed by atoms with Crippen LogP contribution in [0.5, 0.6) is 0 Å². The first kappa shape index (κ1) is 15.3. The van der Waals surface area contributed by atoms with E-state index in [0.29, 0.717) is 23.3 Å². The molecule has 1 aliphatic rings. The van der Waals surface area contributed by atoms with Crippen LogP contribution >= 0.6 is 0 Å². The highest BCUT2D eigenvalue weighted by Gasteiger charge is 2.32. The van der Waals surface area contributed by atoms with Crippen LogP contribution in [0.25, 0.3) is 11.0 Å². The summed E-state index contributed by atoms with van der Waals surface area (Å²) in [4.78, 5) is 24.4. The lowest BCUT2D eigenvalue weighted by atomic mass is 9.99. The van der Waals surface area contributed by atoms with E-state index >= 15 is 0 Å². The van der Waals surface area contributed by atoms with Gasteiger partial charge in [0.1, 0.15) is 5.58 Å². The van der Waals surface area contributed by atoms with Gasteiger partial charge in [-0.3, -0.25) is 4.79 Å².